The zero-order valence-electron chi connectivity index (χ0n) is 16.8. The lowest BCUT2D eigenvalue weighted by molar-refractivity contribution is -0.116. The highest BCUT2D eigenvalue weighted by molar-refractivity contribution is 5.98. The number of nitrogens with one attached hydrogen (secondary N) is 2. The fourth-order valence-corrected chi connectivity index (χ4v) is 4.56. The summed E-state index contributed by atoms with van der Waals surface area (Å²) in [4.78, 5) is 15.1. The van der Waals surface area contributed by atoms with Gasteiger partial charge < -0.3 is 15.5 Å². The summed E-state index contributed by atoms with van der Waals surface area (Å²) >= 11 is 0. The maximum absolute atomic E-state index is 14.1. The Morgan fingerprint density at radius 1 is 1.21 bits per heavy atom. The first-order valence-corrected chi connectivity index (χ1v) is 10.0. The molecule has 4 rings (SSSR count). The van der Waals surface area contributed by atoms with Gasteiger partial charge in [0.1, 0.15) is 11.9 Å². The fraction of sp³-hybridized carbons (Fsp3) is 0.435. The lowest BCUT2D eigenvalue weighted by atomic mass is 9.97. The largest absolute Gasteiger partial charge is 0.373 e. The van der Waals surface area contributed by atoms with Crippen LogP contribution in [0.5, 0.6) is 0 Å². The minimum Gasteiger partial charge on any atom is -0.373 e. The van der Waals surface area contributed by atoms with Crippen LogP contribution >= 0.6 is 0 Å². The molecule has 1 amide bonds. The number of carbonyl (C=O) groups excluding carboxylic acids is 1. The molecule has 148 valence electrons. The van der Waals surface area contributed by atoms with E-state index in [0.717, 1.165) is 23.4 Å². The summed E-state index contributed by atoms with van der Waals surface area (Å²) in [6, 6.07) is 11.6. The molecular formula is C23H28FN3O. The normalized spacial score (nSPS) is 23.5. The van der Waals surface area contributed by atoms with Crippen LogP contribution in [0.3, 0.4) is 0 Å². The Labute approximate surface area is 166 Å². The summed E-state index contributed by atoms with van der Waals surface area (Å²) in [6.07, 6.45) is 3.92. The first-order valence-electron chi connectivity index (χ1n) is 10.0. The summed E-state index contributed by atoms with van der Waals surface area (Å²) in [7, 11) is 4.28. The number of halogens is 1. The third-order valence-corrected chi connectivity index (χ3v) is 6.27. The quantitative estimate of drug-likeness (QED) is 0.830. The van der Waals surface area contributed by atoms with Gasteiger partial charge in [0, 0.05) is 29.4 Å². The molecule has 5 heteroatoms. The molecule has 0 radical (unpaired) electrons. The molecule has 1 aliphatic carbocycles. The van der Waals surface area contributed by atoms with Gasteiger partial charge in [0.25, 0.3) is 0 Å². The van der Waals surface area contributed by atoms with Crippen LogP contribution in [0.2, 0.25) is 0 Å². The number of nitrogens with zero attached hydrogens (tertiary/aromatic N) is 1. The molecule has 1 aliphatic heterocycles. The Morgan fingerprint density at radius 2 is 2.04 bits per heavy atom. The second-order valence-electron chi connectivity index (χ2n) is 8.36. The van der Waals surface area contributed by atoms with E-state index >= 15 is 0 Å². The van der Waals surface area contributed by atoms with Crippen LogP contribution in [0.25, 0.3) is 0 Å². The molecule has 1 fully saturated rings. The average Bonchev–Trinajstić information content (AvgIpc) is 3.33. The molecule has 2 N–H and O–H groups in total. The van der Waals surface area contributed by atoms with Crippen molar-refractivity contribution in [3.63, 3.8) is 0 Å². The summed E-state index contributed by atoms with van der Waals surface area (Å²) in [5.74, 6) is 0.168. The SMILES string of the molecule is Cc1ccc(F)c2c1NC(C(=O)Nc1cccc([C@@H]3CC[C@@H](N(C)C)C3)c1)C2. The van der Waals surface area contributed by atoms with Crippen molar-refractivity contribution in [1.82, 2.24) is 4.90 Å². The van der Waals surface area contributed by atoms with E-state index in [9.17, 15) is 9.18 Å². The van der Waals surface area contributed by atoms with Gasteiger partial charge in [-0.05, 0) is 75.5 Å². The van der Waals surface area contributed by atoms with Crippen molar-refractivity contribution in [1.29, 1.82) is 0 Å². The van der Waals surface area contributed by atoms with Gasteiger partial charge in [-0.15, -0.1) is 0 Å². The van der Waals surface area contributed by atoms with E-state index in [1.54, 1.807) is 6.07 Å². The molecule has 0 aromatic heterocycles. The molecule has 28 heavy (non-hydrogen) atoms. The summed E-state index contributed by atoms with van der Waals surface area (Å²) < 4.78 is 14.1. The molecule has 0 bridgehead atoms. The van der Waals surface area contributed by atoms with Crippen molar-refractivity contribution >= 4 is 17.3 Å². The second-order valence-corrected chi connectivity index (χ2v) is 8.36. The molecule has 2 aromatic carbocycles. The van der Waals surface area contributed by atoms with Gasteiger partial charge in [-0.2, -0.15) is 0 Å². The van der Waals surface area contributed by atoms with E-state index in [4.69, 9.17) is 0 Å². The monoisotopic (exact) mass is 381 g/mol. The number of aryl methyl sites for hydroxylation is 1. The number of hydrogen-bond acceptors (Lipinski definition) is 3. The first kappa shape index (κ1) is 18.9. The number of carbonyl (C=O) groups is 1. The highest BCUT2D eigenvalue weighted by Crippen LogP contribution is 2.37. The predicted molar refractivity (Wildman–Crippen MR) is 111 cm³/mol. The molecule has 0 spiro atoms. The van der Waals surface area contributed by atoms with Crippen molar-refractivity contribution in [3.8, 4) is 0 Å². The standard InChI is InChI=1S/C23H28FN3O/c1-14-7-10-20(24)19-13-21(26-22(14)19)23(28)25-17-6-4-5-15(11-17)16-8-9-18(12-16)27(2)3/h4-7,10-11,16,18,21,26H,8-9,12-13H2,1-3H3,(H,25,28)/t16-,18-,21?/m1/s1. The van der Waals surface area contributed by atoms with Gasteiger partial charge in [0.15, 0.2) is 0 Å². The smallest absolute Gasteiger partial charge is 0.247 e. The number of anilines is 2. The lowest BCUT2D eigenvalue weighted by Crippen LogP contribution is -2.32. The minimum absolute atomic E-state index is 0.121. The van der Waals surface area contributed by atoms with Crippen LogP contribution in [-0.4, -0.2) is 37.0 Å². The van der Waals surface area contributed by atoms with Crippen LogP contribution in [-0.2, 0) is 11.2 Å². The second kappa shape index (κ2) is 7.55. The maximum atomic E-state index is 14.1. The van der Waals surface area contributed by atoms with Gasteiger partial charge in [0.2, 0.25) is 5.91 Å². The third-order valence-electron chi connectivity index (χ3n) is 6.27. The van der Waals surface area contributed by atoms with Crippen LogP contribution in [0, 0.1) is 12.7 Å². The van der Waals surface area contributed by atoms with E-state index < -0.39 is 6.04 Å². The summed E-state index contributed by atoms with van der Waals surface area (Å²) in [6.45, 7) is 1.93. The molecule has 1 heterocycles. The highest BCUT2D eigenvalue weighted by atomic mass is 19.1. The van der Waals surface area contributed by atoms with Crippen molar-refractivity contribution in [2.45, 2.75) is 50.6 Å². The van der Waals surface area contributed by atoms with E-state index in [0.29, 0.717) is 23.9 Å². The molecule has 3 atom stereocenters. The van der Waals surface area contributed by atoms with Crippen molar-refractivity contribution in [2.24, 2.45) is 0 Å². The van der Waals surface area contributed by atoms with E-state index in [1.807, 2.05) is 19.1 Å². The van der Waals surface area contributed by atoms with Gasteiger partial charge in [-0.25, -0.2) is 4.39 Å². The minimum atomic E-state index is -0.446. The molecule has 1 unspecified atom stereocenters. The maximum Gasteiger partial charge on any atom is 0.247 e. The Balaban J connectivity index is 1.43. The topological polar surface area (TPSA) is 44.4 Å². The van der Waals surface area contributed by atoms with Crippen LogP contribution in [0.1, 0.15) is 41.9 Å². The number of benzene rings is 2. The van der Waals surface area contributed by atoms with Crippen molar-refractivity contribution < 1.29 is 9.18 Å². The van der Waals surface area contributed by atoms with E-state index in [2.05, 4.69) is 41.8 Å². The Bertz CT molecular complexity index is 864. The Morgan fingerprint density at radius 3 is 2.75 bits per heavy atom. The zero-order chi connectivity index (χ0) is 19.8. The molecular weight excluding hydrogens is 353 g/mol. The first-order chi connectivity index (χ1) is 13.4. The van der Waals surface area contributed by atoms with Gasteiger partial charge in [-0.1, -0.05) is 18.2 Å². The van der Waals surface area contributed by atoms with Crippen LogP contribution < -0.4 is 10.6 Å². The van der Waals surface area contributed by atoms with Crippen molar-refractivity contribution in [3.05, 3.63) is 58.9 Å². The molecule has 4 nitrogen and oxygen atoms in total. The number of rotatable bonds is 4. The molecule has 0 saturated heterocycles. The molecule has 1 saturated carbocycles. The fourth-order valence-electron chi connectivity index (χ4n) is 4.56. The lowest BCUT2D eigenvalue weighted by Gasteiger charge is -2.19. The summed E-state index contributed by atoms with van der Waals surface area (Å²) in [5, 5.41) is 6.22. The summed E-state index contributed by atoms with van der Waals surface area (Å²) in [5.41, 5.74) is 4.42. The predicted octanol–water partition coefficient (Wildman–Crippen LogP) is 4.31. The van der Waals surface area contributed by atoms with Crippen molar-refractivity contribution in [2.75, 3.05) is 24.7 Å². The van der Waals surface area contributed by atoms with Gasteiger partial charge >= 0.3 is 0 Å². The highest BCUT2D eigenvalue weighted by Gasteiger charge is 2.30. The van der Waals surface area contributed by atoms with E-state index in [-0.39, 0.29) is 11.7 Å². The average molecular weight is 381 g/mol. The van der Waals surface area contributed by atoms with Crippen LogP contribution in [0.15, 0.2) is 36.4 Å². The number of fused-ring (bicyclic) bond motifs is 1. The third kappa shape index (κ3) is 3.63. The van der Waals surface area contributed by atoms with E-state index in [1.165, 1.54) is 24.5 Å². The van der Waals surface area contributed by atoms with Gasteiger partial charge in [0.05, 0.1) is 0 Å². The van der Waals surface area contributed by atoms with Gasteiger partial charge in [-0.3, -0.25) is 4.79 Å². The Kier molecular flexibility index (Phi) is 5.11. The molecule has 2 aliphatic rings. The number of amides is 1. The number of hydrogen-bond donors (Lipinski definition) is 2. The van der Waals surface area contributed by atoms with Crippen LogP contribution in [0.4, 0.5) is 15.8 Å². The Hall–Kier alpha value is -2.40. The molecule has 2 aromatic rings. The zero-order valence-corrected chi connectivity index (χ0v) is 16.8.